The van der Waals surface area contributed by atoms with Crippen LogP contribution in [0.1, 0.15) is 16.3 Å². The van der Waals surface area contributed by atoms with Gasteiger partial charge in [0.25, 0.3) is 0 Å². The van der Waals surface area contributed by atoms with Crippen LogP contribution >= 0.6 is 22.9 Å². The van der Waals surface area contributed by atoms with E-state index in [1.54, 1.807) is 13.1 Å². The molecule has 2 aromatic rings. The molecular weight excluding hydrogens is 349 g/mol. The van der Waals surface area contributed by atoms with E-state index in [0.717, 1.165) is 22.3 Å². The van der Waals surface area contributed by atoms with E-state index in [1.165, 1.54) is 0 Å². The molecule has 0 aliphatic carbocycles. The third-order valence-electron chi connectivity index (χ3n) is 2.88. The van der Waals surface area contributed by atoms with Crippen LogP contribution in [-0.2, 0) is 19.3 Å². The fraction of sp³-hybridized carbons (Fsp3) is 0.286. The van der Waals surface area contributed by atoms with E-state index < -0.39 is 11.9 Å². The third kappa shape index (κ3) is 5.11. The average molecular weight is 363 g/mol. The highest BCUT2D eigenvalue weighted by atomic mass is 35.5. The van der Waals surface area contributed by atoms with Crippen LogP contribution in [0.25, 0.3) is 0 Å². The molecule has 0 aliphatic rings. The second-order valence-corrected chi connectivity index (χ2v) is 5.84. The van der Waals surface area contributed by atoms with Gasteiger partial charge in [0.1, 0.15) is 5.01 Å². The summed E-state index contributed by atoms with van der Waals surface area (Å²) >= 11 is 7.00. The Morgan fingerprint density at radius 2 is 1.96 bits per heavy atom. The maximum atomic E-state index is 12.5. The number of benzene rings is 1. The molecule has 0 saturated heterocycles. The summed E-state index contributed by atoms with van der Waals surface area (Å²) in [7, 11) is 1.57. The van der Waals surface area contributed by atoms with E-state index in [2.05, 4.69) is 20.6 Å². The van der Waals surface area contributed by atoms with Gasteiger partial charge >= 0.3 is 6.18 Å². The SMILES string of the molecule is CN=C(NCc1nc(C(F)(F)F)cs1)NCc1ccccc1Cl. The Balaban J connectivity index is 1.88. The van der Waals surface area contributed by atoms with E-state index in [4.69, 9.17) is 11.6 Å². The number of thiazole rings is 1. The summed E-state index contributed by atoms with van der Waals surface area (Å²) in [6.07, 6.45) is -4.42. The molecule has 9 heteroatoms. The number of nitrogens with zero attached hydrogens (tertiary/aromatic N) is 2. The first kappa shape index (κ1) is 17.6. The molecule has 0 saturated carbocycles. The van der Waals surface area contributed by atoms with Crippen LogP contribution in [-0.4, -0.2) is 18.0 Å². The van der Waals surface area contributed by atoms with Gasteiger partial charge in [-0.2, -0.15) is 13.2 Å². The number of aliphatic imine (C=N–C) groups is 1. The molecule has 0 amide bonds. The van der Waals surface area contributed by atoms with Gasteiger partial charge in [0, 0.05) is 24.0 Å². The first-order valence-corrected chi connectivity index (χ1v) is 7.85. The Bertz CT molecular complexity index is 685. The Morgan fingerprint density at radius 1 is 1.26 bits per heavy atom. The van der Waals surface area contributed by atoms with Crippen molar-refractivity contribution >= 4 is 28.9 Å². The molecule has 0 radical (unpaired) electrons. The highest BCUT2D eigenvalue weighted by molar-refractivity contribution is 7.09. The van der Waals surface area contributed by atoms with Crippen molar-refractivity contribution in [2.24, 2.45) is 4.99 Å². The lowest BCUT2D eigenvalue weighted by Crippen LogP contribution is -2.36. The normalized spacial score (nSPS) is 12.3. The Labute approximate surface area is 140 Å². The van der Waals surface area contributed by atoms with Crippen LogP contribution in [0, 0.1) is 0 Å². The van der Waals surface area contributed by atoms with Gasteiger partial charge in [-0.15, -0.1) is 11.3 Å². The fourth-order valence-corrected chi connectivity index (χ4v) is 2.67. The van der Waals surface area contributed by atoms with E-state index in [-0.39, 0.29) is 6.54 Å². The summed E-state index contributed by atoms with van der Waals surface area (Å²) in [6, 6.07) is 7.36. The maximum absolute atomic E-state index is 12.5. The van der Waals surface area contributed by atoms with Gasteiger partial charge in [-0.25, -0.2) is 4.98 Å². The van der Waals surface area contributed by atoms with E-state index in [1.807, 2.05) is 18.2 Å². The van der Waals surface area contributed by atoms with Gasteiger partial charge in [-0.1, -0.05) is 29.8 Å². The number of hydrogen-bond donors (Lipinski definition) is 2. The van der Waals surface area contributed by atoms with Crippen molar-refractivity contribution in [3.05, 3.63) is 50.9 Å². The van der Waals surface area contributed by atoms with Gasteiger partial charge in [0.15, 0.2) is 11.7 Å². The highest BCUT2D eigenvalue weighted by Gasteiger charge is 2.33. The van der Waals surface area contributed by atoms with Crippen molar-refractivity contribution in [2.75, 3.05) is 7.05 Å². The van der Waals surface area contributed by atoms with E-state index in [0.29, 0.717) is 22.5 Å². The Kier molecular flexibility index (Phi) is 5.84. The smallest absolute Gasteiger partial charge is 0.352 e. The van der Waals surface area contributed by atoms with Crippen molar-refractivity contribution in [1.29, 1.82) is 0 Å². The third-order valence-corrected chi connectivity index (χ3v) is 4.09. The summed E-state index contributed by atoms with van der Waals surface area (Å²) in [5.41, 5.74) is 0.0176. The summed E-state index contributed by atoms with van der Waals surface area (Å²) in [5.74, 6) is 0.452. The zero-order valence-corrected chi connectivity index (χ0v) is 13.7. The lowest BCUT2D eigenvalue weighted by Gasteiger charge is -2.11. The Morgan fingerprint density at radius 3 is 2.57 bits per heavy atom. The van der Waals surface area contributed by atoms with Gasteiger partial charge in [0.05, 0.1) is 6.54 Å². The summed E-state index contributed by atoms with van der Waals surface area (Å²) in [6.45, 7) is 0.605. The van der Waals surface area contributed by atoms with Crippen molar-refractivity contribution < 1.29 is 13.2 Å². The molecule has 1 heterocycles. The molecule has 4 nitrogen and oxygen atoms in total. The molecule has 23 heavy (non-hydrogen) atoms. The lowest BCUT2D eigenvalue weighted by atomic mass is 10.2. The second-order valence-electron chi connectivity index (χ2n) is 4.49. The van der Waals surface area contributed by atoms with Crippen molar-refractivity contribution in [1.82, 2.24) is 15.6 Å². The predicted octanol–water partition coefficient (Wildman–Crippen LogP) is 3.68. The van der Waals surface area contributed by atoms with E-state index >= 15 is 0 Å². The molecule has 0 fully saturated rings. The molecule has 1 aromatic carbocycles. The molecular formula is C14H14ClF3N4S. The minimum Gasteiger partial charge on any atom is -0.352 e. The molecule has 2 N–H and O–H groups in total. The number of alkyl halides is 3. The topological polar surface area (TPSA) is 49.3 Å². The molecule has 0 spiro atoms. The number of halogens is 4. The van der Waals surface area contributed by atoms with Crippen LogP contribution in [0.15, 0.2) is 34.6 Å². The van der Waals surface area contributed by atoms with Crippen LogP contribution in [0.2, 0.25) is 5.02 Å². The van der Waals surface area contributed by atoms with Crippen molar-refractivity contribution in [3.8, 4) is 0 Å². The molecule has 0 unspecified atom stereocenters. The van der Waals surface area contributed by atoms with E-state index in [9.17, 15) is 13.2 Å². The lowest BCUT2D eigenvalue weighted by molar-refractivity contribution is -0.140. The number of nitrogens with one attached hydrogen (secondary N) is 2. The molecule has 0 bridgehead atoms. The first-order chi connectivity index (χ1) is 10.9. The quantitative estimate of drug-likeness (QED) is 0.644. The number of guanidine groups is 1. The van der Waals surface area contributed by atoms with Gasteiger partial charge < -0.3 is 10.6 Å². The minimum absolute atomic E-state index is 0.156. The predicted molar refractivity (Wildman–Crippen MR) is 85.6 cm³/mol. The average Bonchev–Trinajstić information content (AvgIpc) is 2.98. The summed E-state index contributed by atoms with van der Waals surface area (Å²) in [5, 5.41) is 7.92. The summed E-state index contributed by atoms with van der Waals surface area (Å²) in [4.78, 5) is 7.56. The number of aromatic nitrogens is 1. The number of rotatable bonds is 4. The maximum Gasteiger partial charge on any atom is 0.434 e. The van der Waals surface area contributed by atoms with Crippen LogP contribution in [0.3, 0.4) is 0 Å². The number of hydrogen-bond acceptors (Lipinski definition) is 3. The Hall–Kier alpha value is -1.80. The first-order valence-electron chi connectivity index (χ1n) is 6.59. The largest absolute Gasteiger partial charge is 0.434 e. The monoisotopic (exact) mass is 362 g/mol. The minimum atomic E-state index is -4.42. The van der Waals surface area contributed by atoms with Crippen LogP contribution in [0.5, 0.6) is 0 Å². The van der Waals surface area contributed by atoms with Gasteiger partial charge in [-0.3, -0.25) is 4.99 Å². The van der Waals surface area contributed by atoms with Gasteiger partial charge in [0.2, 0.25) is 0 Å². The zero-order chi connectivity index (χ0) is 16.9. The second kappa shape index (κ2) is 7.65. The zero-order valence-electron chi connectivity index (χ0n) is 12.1. The van der Waals surface area contributed by atoms with Gasteiger partial charge in [-0.05, 0) is 11.6 Å². The highest BCUT2D eigenvalue weighted by Crippen LogP contribution is 2.29. The molecule has 0 aliphatic heterocycles. The summed E-state index contributed by atoms with van der Waals surface area (Å²) < 4.78 is 37.5. The standard InChI is InChI=1S/C14H14ClF3N4S/c1-19-13(20-6-9-4-2-3-5-10(9)15)21-7-12-22-11(8-23-12)14(16,17)18/h2-5,8H,6-7H2,1H3,(H2,19,20,21). The molecule has 1 aromatic heterocycles. The molecule has 2 rings (SSSR count). The fourth-order valence-electron chi connectivity index (χ4n) is 1.72. The van der Waals surface area contributed by atoms with Crippen LogP contribution in [0.4, 0.5) is 13.2 Å². The van der Waals surface area contributed by atoms with Crippen LogP contribution < -0.4 is 10.6 Å². The van der Waals surface area contributed by atoms with Crippen molar-refractivity contribution in [3.63, 3.8) is 0 Å². The molecule has 124 valence electrons. The molecule has 0 atom stereocenters. The van der Waals surface area contributed by atoms with Crippen molar-refractivity contribution in [2.45, 2.75) is 19.3 Å².